The van der Waals surface area contributed by atoms with E-state index in [1.54, 1.807) is 12.4 Å². The lowest BCUT2D eigenvalue weighted by Crippen LogP contribution is -1.92. The number of hydrogen-bond acceptors (Lipinski definition) is 5. The van der Waals surface area contributed by atoms with E-state index in [0.29, 0.717) is 5.82 Å². The van der Waals surface area contributed by atoms with Crippen LogP contribution in [0.2, 0.25) is 0 Å². The summed E-state index contributed by atoms with van der Waals surface area (Å²) in [6.07, 6.45) is 6.69. The molecule has 3 aromatic heterocycles. The lowest BCUT2D eigenvalue weighted by atomic mass is 10.1. The van der Waals surface area contributed by atoms with Gasteiger partial charge in [-0.2, -0.15) is 0 Å². The van der Waals surface area contributed by atoms with Gasteiger partial charge in [-0.3, -0.25) is 9.97 Å². The molecule has 0 unspecified atom stereocenters. The minimum absolute atomic E-state index is 0.463. The Morgan fingerprint density at radius 2 is 1.73 bits per heavy atom. The molecule has 0 spiro atoms. The van der Waals surface area contributed by atoms with E-state index in [1.807, 2.05) is 38.2 Å². The van der Waals surface area contributed by atoms with Crippen LogP contribution in [-0.2, 0) is 0 Å². The number of H-pyrrole nitrogens is 1. The minimum atomic E-state index is 0.463. The standard InChI is InChI=1S/C14H10N6.C2H6/c15-13-12-9(6-18-14(12)20-7-19-13)8-1-2-10-11(5-8)17-4-3-16-10;1-2/h1-7H,(H3,15,18,19,20);1-2H3. The second-order valence-electron chi connectivity index (χ2n) is 4.44. The molecular weight excluding hydrogens is 276 g/mol. The number of fused-ring (bicyclic) bond motifs is 2. The minimum Gasteiger partial charge on any atom is -0.383 e. The zero-order valence-corrected chi connectivity index (χ0v) is 12.4. The molecule has 0 aliphatic heterocycles. The summed E-state index contributed by atoms with van der Waals surface area (Å²) >= 11 is 0. The number of nitrogen functional groups attached to an aromatic ring is 1. The Morgan fingerprint density at radius 1 is 0.955 bits per heavy atom. The molecule has 0 atom stereocenters. The van der Waals surface area contributed by atoms with Crippen molar-refractivity contribution in [2.45, 2.75) is 13.8 Å². The summed E-state index contributed by atoms with van der Waals surface area (Å²) in [5.74, 6) is 0.463. The van der Waals surface area contributed by atoms with Gasteiger partial charge >= 0.3 is 0 Å². The summed E-state index contributed by atoms with van der Waals surface area (Å²) in [4.78, 5) is 19.9. The molecule has 3 heterocycles. The van der Waals surface area contributed by atoms with Gasteiger partial charge in [0.2, 0.25) is 0 Å². The van der Waals surface area contributed by atoms with E-state index >= 15 is 0 Å². The molecule has 0 amide bonds. The number of nitrogens with two attached hydrogens (primary N) is 1. The molecule has 0 aliphatic rings. The second kappa shape index (κ2) is 5.77. The van der Waals surface area contributed by atoms with Gasteiger partial charge in [-0.25, -0.2) is 9.97 Å². The van der Waals surface area contributed by atoms with Crippen LogP contribution in [0.15, 0.2) is 43.1 Å². The normalized spacial score (nSPS) is 10.5. The van der Waals surface area contributed by atoms with Crippen LogP contribution in [0.1, 0.15) is 13.8 Å². The molecule has 6 heteroatoms. The third-order valence-corrected chi connectivity index (χ3v) is 3.28. The number of anilines is 1. The molecule has 4 aromatic rings. The van der Waals surface area contributed by atoms with E-state index in [4.69, 9.17) is 5.73 Å². The molecule has 22 heavy (non-hydrogen) atoms. The summed E-state index contributed by atoms with van der Waals surface area (Å²) in [5.41, 5.74) is 10.4. The highest BCUT2D eigenvalue weighted by molar-refractivity contribution is 6.01. The van der Waals surface area contributed by atoms with Crippen LogP contribution < -0.4 is 5.73 Å². The molecule has 0 aliphatic carbocycles. The van der Waals surface area contributed by atoms with Crippen LogP contribution in [-0.4, -0.2) is 24.9 Å². The van der Waals surface area contributed by atoms with Crippen molar-refractivity contribution >= 4 is 27.9 Å². The average molecular weight is 292 g/mol. The highest BCUT2D eigenvalue weighted by Gasteiger charge is 2.11. The maximum Gasteiger partial charge on any atom is 0.143 e. The smallest absolute Gasteiger partial charge is 0.143 e. The first-order chi connectivity index (χ1) is 10.8. The molecule has 0 radical (unpaired) electrons. The summed E-state index contributed by atoms with van der Waals surface area (Å²) in [6, 6.07) is 5.92. The fraction of sp³-hybridized carbons (Fsp3) is 0.125. The number of aromatic amines is 1. The van der Waals surface area contributed by atoms with Crippen LogP contribution in [0.3, 0.4) is 0 Å². The molecule has 0 saturated heterocycles. The monoisotopic (exact) mass is 292 g/mol. The molecule has 4 rings (SSSR count). The van der Waals surface area contributed by atoms with Crippen LogP contribution in [0.25, 0.3) is 33.2 Å². The Morgan fingerprint density at radius 3 is 2.55 bits per heavy atom. The Kier molecular flexibility index (Phi) is 3.65. The van der Waals surface area contributed by atoms with E-state index in [-0.39, 0.29) is 0 Å². The Balaban J connectivity index is 0.000000693. The lowest BCUT2D eigenvalue weighted by Gasteiger charge is -2.02. The van der Waals surface area contributed by atoms with Crippen molar-refractivity contribution in [1.29, 1.82) is 0 Å². The SMILES string of the molecule is CC.Nc1ncnc2[nH]cc(-c3ccc4nccnc4c3)c12. The van der Waals surface area contributed by atoms with Crippen molar-refractivity contribution in [2.24, 2.45) is 0 Å². The topological polar surface area (TPSA) is 93.4 Å². The number of aromatic nitrogens is 5. The van der Waals surface area contributed by atoms with E-state index in [0.717, 1.165) is 33.2 Å². The maximum atomic E-state index is 5.95. The van der Waals surface area contributed by atoms with E-state index in [1.165, 1.54) is 6.33 Å². The van der Waals surface area contributed by atoms with E-state index in [9.17, 15) is 0 Å². The Hall–Kier alpha value is -3.02. The van der Waals surface area contributed by atoms with Crippen LogP contribution in [0.4, 0.5) is 5.82 Å². The largest absolute Gasteiger partial charge is 0.383 e. The van der Waals surface area contributed by atoms with Crippen LogP contribution in [0.5, 0.6) is 0 Å². The van der Waals surface area contributed by atoms with Gasteiger partial charge in [0.25, 0.3) is 0 Å². The first kappa shape index (κ1) is 13.9. The van der Waals surface area contributed by atoms with Crippen LogP contribution in [0, 0.1) is 0 Å². The predicted octanol–water partition coefficient (Wildman–Crippen LogP) is 3.18. The maximum absolute atomic E-state index is 5.95. The molecule has 0 bridgehead atoms. The summed E-state index contributed by atoms with van der Waals surface area (Å²) in [7, 11) is 0. The highest BCUT2D eigenvalue weighted by atomic mass is 15.0. The Labute approximate surface area is 127 Å². The quantitative estimate of drug-likeness (QED) is 0.562. The van der Waals surface area contributed by atoms with Gasteiger partial charge < -0.3 is 10.7 Å². The second-order valence-corrected chi connectivity index (χ2v) is 4.44. The van der Waals surface area contributed by atoms with Gasteiger partial charge in [-0.15, -0.1) is 0 Å². The number of hydrogen-bond donors (Lipinski definition) is 2. The van der Waals surface area contributed by atoms with Crippen molar-refractivity contribution in [1.82, 2.24) is 24.9 Å². The first-order valence-corrected chi connectivity index (χ1v) is 7.11. The van der Waals surface area contributed by atoms with Gasteiger partial charge in [0.1, 0.15) is 17.8 Å². The van der Waals surface area contributed by atoms with Crippen molar-refractivity contribution in [3.8, 4) is 11.1 Å². The first-order valence-electron chi connectivity index (χ1n) is 7.11. The van der Waals surface area contributed by atoms with Gasteiger partial charge in [0.05, 0.1) is 16.4 Å². The van der Waals surface area contributed by atoms with Crippen molar-refractivity contribution in [2.75, 3.05) is 5.73 Å². The fourth-order valence-electron chi connectivity index (χ4n) is 2.35. The molecule has 110 valence electrons. The number of nitrogens with one attached hydrogen (secondary N) is 1. The summed E-state index contributed by atoms with van der Waals surface area (Å²) in [6.45, 7) is 4.00. The fourth-order valence-corrected chi connectivity index (χ4v) is 2.35. The van der Waals surface area contributed by atoms with Crippen molar-refractivity contribution in [3.05, 3.63) is 43.1 Å². The zero-order chi connectivity index (χ0) is 15.5. The number of rotatable bonds is 1. The summed E-state index contributed by atoms with van der Waals surface area (Å²) in [5, 5.41) is 0.829. The zero-order valence-electron chi connectivity index (χ0n) is 12.4. The van der Waals surface area contributed by atoms with Gasteiger partial charge in [-0.1, -0.05) is 19.9 Å². The third-order valence-electron chi connectivity index (χ3n) is 3.28. The van der Waals surface area contributed by atoms with Crippen molar-refractivity contribution < 1.29 is 0 Å². The molecule has 0 saturated carbocycles. The van der Waals surface area contributed by atoms with E-state index in [2.05, 4.69) is 24.9 Å². The predicted molar refractivity (Wildman–Crippen MR) is 88.2 cm³/mol. The lowest BCUT2D eigenvalue weighted by molar-refractivity contribution is 1.21. The highest BCUT2D eigenvalue weighted by Crippen LogP contribution is 2.31. The Bertz CT molecular complexity index is 928. The van der Waals surface area contributed by atoms with Crippen molar-refractivity contribution in [3.63, 3.8) is 0 Å². The van der Waals surface area contributed by atoms with Gasteiger partial charge in [0, 0.05) is 24.2 Å². The molecule has 3 N–H and O–H groups in total. The molecule has 0 fully saturated rings. The van der Waals surface area contributed by atoms with Crippen LogP contribution >= 0.6 is 0 Å². The van der Waals surface area contributed by atoms with Gasteiger partial charge in [0.15, 0.2) is 0 Å². The molecule has 1 aromatic carbocycles. The molecule has 6 nitrogen and oxygen atoms in total. The average Bonchev–Trinajstić information content (AvgIpc) is 3.02. The number of benzene rings is 1. The van der Waals surface area contributed by atoms with Gasteiger partial charge in [-0.05, 0) is 17.7 Å². The third kappa shape index (κ3) is 2.24. The van der Waals surface area contributed by atoms with E-state index < -0.39 is 0 Å². The summed E-state index contributed by atoms with van der Waals surface area (Å²) < 4.78 is 0. The molecular formula is C16H16N6. The number of nitrogens with zero attached hydrogens (tertiary/aromatic N) is 4.